The van der Waals surface area contributed by atoms with Crippen LogP contribution in [-0.4, -0.2) is 22.0 Å². The Labute approximate surface area is 104 Å². The number of nitrogens with zero attached hydrogens (tertiary/aromatic N) is 2. The zero-order chi connectivity index (χ0) is 12.4. The topological polar surface area (TPSA) is 47.3 Å². The number of aliphatic hydroxyl groups excluding tert-OH is 1. The van der Waals surface area contributed by atoms with Gasteiger partial charge in [0.05, 0.1) is 13.3 Å². The Hall–Kier alpha value is -1.33. The molecule has 2 aromatic rings. The van der Waals surface area contributed by atoms with Crippen molar-refractivity contribution in [2.75, 3.05) is 7.11 Å². The van der Waals surface area contributed by atoms with Crippen LogP contribution in [0.15, 0.2) is 17.0 Å². The van der Waals surface area contributed by atoms with E-state index in [2.05, 4.69) is 5.10 Å². The SMILES string of the molecule is CCn1ncc(OC)c1C(O)c1cscc1C. The van der Waals surface area contributed by atoms with Gasteiger partial charge >= 0.3 is 0 Å². The maximum atomic E-state index is 10.4. The summed E-state index contributed by atoms with van der Waals surface area (Å²) < 4.78 is 7.01. The molecular weight excluding hydrogens is 236 g/mol. The lowest BCUT2D eigenvalue weighted by Crippen LogP contribution is -2.10. The maximum Gasteiger partial charge on any atom is 0.163 e. The van der Waals surface area contributed by atoms with E-state index < -0.39 is 6.10 Å². The first-order chi connectivity index (χ1) is 8.19. The van der Waals surface area contributed by atoms with Gasteiger partial charge in [0, 0.05) is 12.1 Å². The number of hydrogen-bond acceptors (Lipinski definition) is 4. The highest BCUT2D eigenvalue weighted by atomic mass is 32.1. The molecule has 1 atom stereocenters. The van der Waals surface area contributed by atoms with E-state index in [4.69, 9.17) is 4.74 Å². The molecule has 0 radical (unpaired) electrons. The smallest absolute Gasteiger partial charge is 0.163 e. The molecule has 5 heteroatoms. The molecule has 0 bridgehead atoms. The Morgan fingerprint density at radius 3 is 2.82 bits per heavy atom. The minimum absolute atomic E-state index is 0.630. The van der Waals surface area contributed by atoms with Gasteiger partial charge < -0.3 is 9.84 Å². The molecule has 1 N–H and O–H groups in total. The number of aryl methyl sites for hydroxylation is 2. The van der Waals surface area contributed by atoms with Crippen molar-refractivity contribution in [3.05, 3.63) is 33.8 Å². The highest BCUT2D eigenvalue weighted by Crippen LogP contribution is 2.32. The summed E-state index contributed by atoms with van der Waals surface area (Å²) in [7, 11) is 1.59. The summed E-state index contributed by atoms with van der Waals surface area (Å²) in [6.07, 6.45) is 0.961. The van der Waals surface area contributed by atoms with E-state index in [1.54, 1.807) is 29.3 Å². The van der Waals surface area contributed by atoms with Crippen molar-refractivity contribution in [2.45, 2.75) is 26.5 Å². The van der Waals surface area contributed by atoms with Gasteiger partial charge in [-0.15, -0.1) is 0 Å². The van der Waals surface area contributed by atoms with E-state index in [0.717, 1.165) is 16.8 Å². The van der Waals surface area contributed by atoms with E-state index in [0.29, 0.717) is 12.3 Å². The zero-order valence-electron chi connectivity index (χ0n) is 10.2. The molecule has 0 aliphatic carbocycles. The van der Waals surface area contributed by atoms with Gasteiger partial charge in [-0.1, -0.05) is 0 Å². The van der Waals surface area contributed by atoms with Crippen molar-refractivity contribution < 1.29 is 9.84 Å². The van der Waals surface area contributed by atoms with Gasteiger partial charge in [0.1, 0.15) is 11.8 Å². The van der Waals surface area contributed by atoms with Crippen LogP contribution in [0.4, 0.5) is 0 Å². The first-order valence-corrected chi connectivity index (χ1v) is 6.43. The third kappa shape index (κ3) is 2.08. The standard InChI is InChI=1S/C12H16N2O2S/c1-4-14-11(10(16-3)5-13-14)12(15)9-7-17-6-8(9)2/h5-7,12,15H,4H2,1-3H3. The minimum Gasteiger partial charge on any atom is -0.493 e. The Kier molecular flexibility index (Phi) is 3.49. The average molecular weight is 252 g/mol. The summed E-state index contributed by atoms with van der Waals surface area (Å²) in [6, 6.07) is 0. The molecule has 92 valence electrons. The summed E-state index contributed by atoms with van der Waals surface area (Å²) >= 11 is 1.59. The summed E-state index contributed by atoms with van der Waals surface area (Å²) in [5.41, 5.74) is 2.73. The molecule has 0 aliphatic heterocycles. The van der Waals surface area contributed by atoms with Gasteiger partial charge in [-0.3, -0.25) is 4.68 Å². The molecule has 0 fully saturated rings. The molecule has 2 rings (SSSR count). The Morgan fingerprint density at radius 1 is 1.53 bits per heavy atom. The molecule has 0 saturated carbocycles. The lowest BCUT2D eigenvalue weighted by atomic mass is 10.1. The molecule has 1 unspecified atom stereocenters. The number of ether oxygens (including phenoxy) is 1. The largest absolute Gasteiger partial charge is 0.493 e. The van der Waals surface area contributed by atoms with E-state index in [1.165, 1.54) is 0 Å². The highest BCUT2D eigenvalue weighted by molar-refractivity contribution is 7.08. The van der Waals surface area contributed by atoms with Crippen LogP contribution in [0.1, 0.15) is 29.8 Å². The first kappa shape index (κ1) is 12.1. The molecule has 17 heavy (non-hydrogen) atoms. The van der Waals surface area contributed by atoms with Crippen LogP contribution in [0.3, 0.4) is 0 Å². The number of methoxy groups -OCH3 is 1. The van der Waals surface area contributed by atoms with Crippen LogP contribution in [-0.2, 0) is 6.54 Å². The van der Waals surface area contributed by atoms with Crippen LogP contribution < -0.4 is 4.74 Å². The molecule has 4 nitrogen and oxygen atoms in total. The molecule has 0 aromatic carbocycles. The van der Waals surface area contributed by atoms with Crippen molar-refractivity contribution in [3.8, 4) is 5.75 Å². The fourth-order valence-electron chi connectivity index (χ4n) is 1.86. The summed E-state index contributed by atoms with van der Waals surface area (Å²) in [6.45, 7) is 4.69. The highest BCUT2D eigenvalue weighted by Gasteiger charge is 2.22. The summed E-state index contributed by atoms with van der Waals surface area (Å²) in [4.78, 5) is 0. The van der Waals surface area contributed by atoms with Gasteiger partial charge in [0.2, 0.25) is 0 Å². The average Bonchev–Trinajstić information content (AvgIpc) is 2.93. The van der Waals surface area contributed by atoms with Crippen molar-refractivity contribution in [2.24, 2.45) is 0 Å². The molecule has 2 heterocycles. The summed E-state index contributed by atoms with van der Waals surface area (Å²) in [5.74, 6) is 0.630. The molecular formula is C12H16N2O2S. The predicted molar refractivity (Wildman–Crippen MR) is 67.6 cm³/mol. The van der Waals surface area contributed by atoms with Crippen molar-refractivity contribution in [3.63, 3.8) is 0 Å². The number of rotatable bonds is 4. The van der Waals surface area contributed by atoms with Crippen molar-refractivity contribution in [1.29, 1.82) is 0 Å². The second-order valence-electron chi connectivity index (χ2n) is 3.83. The number of aliphatic hydroxyl groups is 1. The molecule has 0 aliphatic rings. The van der Waals surface area contributed by atoms with Gasteiger partial charge in [0.15, 0.2) is 5.75 Å². The van der Waals surface area contributed by atoms with Gasteiger partial charge in [-0.05, 0) is 30.2 Å². The maximum absolute atomic E-state index is 10.4. The predicted octanol–water partition coefficient (Wildman–Crippen LogP) is 2.36. The normalized spacial score (nSPS) is 12.7. The summed E-state index contributed by atoms with van der Waals surface area (Å²) in [5, 5.41) is 18.6. The number of thiophene rings is 1. The molecule has 0 spiro atoms. The van der Waals surface area contributed by atoms with E-state index in [-0.39, 0.29) is 0 Å². The van der Waals surface area contributed by atoms with Crippen molar-refractivity contribution in [1.82, 2.24) is 9.78 Å². The second-order valence-corrected chi connectivity index (χ2v) is 4.57. The van der Waals surface area contributed by atoms with Gasteiger partial charge in [-0.2, -0.15) is 16.4 Å². The second kappa shape index (κ2) is 4.89. The monoisotopic (exact) mass is 252 g/mol. The van der Waals surface area contributed by atoms with Crippen LogP contribution in [0.2, 0.25) is 0 Å². The molecule has 0 amide bonds. The lowest BCUT2D eigenvalue weighted by Gasteiger charge is -2.14. The van der Waals surface area contributed by atoms with E-state index in [1.807, 2.05) is 24.6 Å². The van der Waals surface area contributed by atoms with Gasteiger partial charge in [-0.25, -0.2) is 0 Å². The van der Waals surface area contributed by atoms with E-state index >= 15 is 0 Å². The third-order valence-corrected chi connectivity index (χ3v) is 3.69. The van der Waals surface area contributed by atoms with Crippen LogP contribution >= 0.6 is 11.3 Å². The van der Waals surface area contributed by atoms with Crippen LogP contribution in [0.5, 0.6) is 5.75 Å². The Balaban J connectivity index is 2.45. The fourth-order valence-corrected chi connectivity index (χ4v) is 2.73. The third-order valence-electron chi connectivity index (χ3n) is 2.81. The van der Waals surface area contributed by atoms with Crippen molar-refractivity contribution >= 4 is 11.3 Å². The quantitative estimate of drug-likeness (QED) is 0.908. The molecule has 0 saturated heterocycles. The Bertz CT molecular complexity index is 483. The first-order valence-electron chi connectivity index (χ1n) is 5.49. The van der Waals surface area contributed by atoms with Crippen LogP contribution in [0, 0.1) is 6.92 Å². The zero-order valence-corrected chi connectivity index (χ0v) is 11.0. The van der Waals surface area contributed by atoms with Crippen LogP contribution in [0.25, 0.3) is 0 Å². The minimum atomic E-state index is -0.682. The molecule has 2 aromatic heterocycles. The Morgan fingerprint density at radius 2 is 2.29 bits per heavy atom. The van der Waals surface area contributed by atoms with Gasteiger partial charge in [0.25, 0.3) is 0 Å². The van der Waals surface area contributed by atoms with E-state index in [9.17, 15) is 5.11 Å². The number of aromatic nitrogens is 2. The lowest BCUT2D eigenvalue weighted by molar-refractivity contribution is 0.202. The fraction of sp³-hybridized carbons (Fsp3) is 0.417. The number of hydrogen-bond donors (Lipinski definition) is 1.